The Morgan fingerprint density at radius 2 is 1.93 bits per heavy atom. The van der Waals surface area contributed by atoms with Gasteiger partial charge in [-0.3, -0.25) is 9.48 Å². The summed E-state index contributed by atoms with van der Waals surface area (Å²) in [6.07, 6.45) is -0.227. The minimum atomic E-state index is -4.71. The molecule has 0 bridgehead atoms. The van der Waals surface area contributed by atoms with Gasteiger partial charge in [-0.2, -0.15) is 18.3 Å². The first-order valence-electron chi connectivity index (χ1n) is 7.85. The first kappa shape index (κ1) is 18.5. The first-order chi connectivity index (χ1) is 12.7. The smallest absolute Gasteiger partial charge is 0.435 e. The van der Waals surface area contributed by atoms with E-state index in [9.17, 15) is 18.0 Å². The molecule has 0 fully saturated rings. The van der Waals surface area contributed by atoms with Gasteiger partial charge in [0.25, 0.3) is 5.91 Å². The van der Waals surface area contributed by atoms with Gasteiger partial charge in [0.15, 0.2) is 5.69 Å². The fourth-order valence-corrected chi connectivity index (χ4v) is 2.38. The number of rotatable bonds is 5. The molecule has 2 heterocycles. The number of aryl methyl sites for hydroxylation is 2. The van der Waals surface area contributed by atoms with Crippen LogP contribution in [0.4, 0.5) is 18.9 Å². The number of benzene rings is 1. The topological polar surface area (TPSA) is 74.0 Å². The van der Waals surface area contributed by atoms with E-state index in [0.29, 0.717) is 11.4 Å². The standard InChI is InChI=1S/C17H16F3N5O2/c1-24-8-7-21-14(24)10-27-12-5-3-11(4-6-12)22-16(26)13-9-25(2)23-15(13)17(18,19)20/h3-9H,10H2,1-2H3,(H,22,26). The molecule has 3 rings (SSSR count). The molecule has 0 aliphatic carbocycles. The van der Waals surface area contributed by atoms with Crippen LogP contribution in [0.3, 0.4) is 0 Å². The van der Waals surface area contributed by atoms with Gasteiger partial charge in [0.1, 0.15) is 18.2 Å². The molecule has 0 spiro atoms. The molecule has 3 aromatic rings. The summed E-state index contributed by atoms with van der Waals surface area (Å²) in [4.78, 5) is 16.3. The van der Waals surface area contributed by atoms with Crippen molar-refractivity contribution in [2.24, 2.45) is 14.1 Å². The van der Waals surface area contributed by atoms with Gasteiger partial charge in [0, 0.05) is 38.4 Å². The summed E-state index contributed by atoms with van der Waals surface area (Å²) in [7, 11) is 3.16. The zero-order chi connectivity index (χ0) is 19.6. The van der Waals surface area contributed by atoms with E-state index in [1.54, 1.807) is 24.5 Å². The summed E-state index contributed by atoms with van der Waals surface area (Å²) in [5.41, 5.74) is -1.43. The molecule has 1 aromatic carbocycles. The third kappa shape index (κ3) is 4.27. The molecule has 0 saturated carbocycles. The maximum Gasteiger partial charge on any atom is 0.435 e. The van der Waals surface area contributed by atoms with E-state index in [4.69, 9.17) is 4.74 Å². The summed E-state index contributed by atoms with van der Waals surface area (Å²) >= 11 is 0. The predicted octanol–water partition coefficient (Wildman–Crippen LogP) is 3.00. The first-order valence-corrected chi connectivity index (χ1v) is 7.85. The predicted molar refractivity (Wildman–Crippen MR) is 90.1 cm³/mol. The zero-order valence-corrected chi connectivity index (χ0v) is 14.5. The number of hydrogen-bond acceptors (Lipinski definition) is 4. The monoisotopic (exact) mass is 379 g/mol. The van der Waals surface area contributed by atoms with Gasteiger partial charge in [0.05, 0.1) is 5.56 Å². The SMILES string of the molecule is Cn1cc(C(=O)Nc2ccc(OCc3nccn3C)cc2)c(C(F)(F)F)n1. The summed E-state index contributed by atoms with van der Waals surface area (Å²) in [5, 5.41) is 5.74. The van der Waals surface area contributed by atoms with Gasteiger partial charge < -0.3 is 14.6 Å². The van der Waals surface area contributed by atoms with Gasteiger partial charge >= 0.3 is 6.18 Å². The Labute approximate surface area is 152 Å². The highest BCUT2D eigenvalue weighted by Gasteiger charge is 2.38. The lowest BCUT2D eigenvalue weighted by atomic mass is 10.2. The van der Waals surface area contributed by atoms with Crippen LogP contribution in [0.25, 0.3) is 0 Å². The molecule has 1 N–H and O–H groups in total. The van der Waals surface area contributed by atoms with E-state index in [-0.39, 0.29) is 6.61 Å². The number of amides is 1. The van der Waals surface area contributed by atoms with E-state index in [1.807, 2.05) is 11.6 Å². The molecule has 10 heteroatoms. The number of imidazole rings is 1. The van der Waals surface area contributed by atoms with E-state index in [1.165, 1.54) is 19.2 Å². The van der Waals surface area contributed by atoms with Crippen LogP contribution in [-0.2, 0) is 26.9 Å². The summed E-state index contributed by atoms with van der Waals surface area (Å²) in [6.45, 7) is 0.264. The quantitative estimate of drug-likeness (QED) is 0.740. The number of hydrogen-bond donors (Lipinski definition) is 1. The van der Waals surface area contributed by atoms with Crippen molar-refractivity contribution in [1.29, 1.82) is 0 Å². The summed E-state index contributed by atoms with van der Waals surface area (Å²) in [5.74, 6) is 0.383. The second-order valence-corrected chi connectivity index (χ2v) is 5.78. The average molecular weight is 379 g/mol. The lowest BCUT2D eigenvalue weighted by Gasteiger charge is -2.09. The number of alkyl halides is 3. The van der Waals surface area contributed by atoms with Crippen molar-refractivity contribution in [2.75, 3.05) is 5.32 Å². The highest BCUT2D eigenvalue weighted by Crippen LogP contribution is 2.31. The molecule has 0 saturated heterocycles. The van der Waals surface area contributed by atoms with Gasteiger partial charge in [-0.15, -0.1) is 0 Å². The minimum Gasteiger partial charge on any atom is -0.486 e. The number of carbonyl (C=O) groups is 1. The minimum absolute atomic E-state index is 0.264. The second kappa shape index (κ2) is 7.14. The van der Waals surface area contributed by atoms with Crippen molar-refractivity contribution in [3.63, 3.8) is 0 Å². The van der Waals surface area contributed by atoms with Crippen LogP contribution in [-0.4, -0.2) is 25.2 Å². The number of carbonyl (C=O) groups excluding carboxylic acids is 1. The van der Waals surface area contributed by atoms with Crippen LogP contribution in [0.1, 0.15) is 21.9 Å². The normalized spacial score (nSPS) is 11.4. The maximum absolute atomic E-state index is 13.0. The molecule has 142 valence electrons. The largest absolute Gasteiger partial charge is 0.486 e. The van der Waals surface area contributed by atoms with Crippen LogP contribution in [0.15, 0.2) is 42.9 Å². The lowest BCUT2D eigenvalue weighted by molar-refractivity contribution is -0.141. The number of ether oxygens (including phenoxy) is 1. The van der Waals surface area contributed by atoms with Crippen LogP contribution < -0.4 is 10.1 Å². The van der Waals surface area contributed by atoms with E-state index in [0.717, 1.165) is 16.7 Å². The Kier molecular flexibility index (Phi) is 4.89. The van der Waals surface area contributed by atoms with Crippen LogP contribution >= 0.6 is 0 Å². The third-order valence-electron chi connectivity index (χ3n) is 3.74. The van der Waals surface area contributed by atoms with E-state index < -0.39 is 23.3 Å². The molecule has 1 amide bonds. The van der Waals surface area contributed by atoms with E-state index in [2.05, 4.69) is 15.4 Å². The van der Waals surface area contributed by atoms with Crippen molar-refractivity contribution in [2.45, 2.75) is 12.8 Å². The highest BCUT2D eigenvalue weighted by molar-refractivity contribution is 6.05. The number of anilines is 1. The van der Waals surface area contributed by atoms with Crippen LogP contribution in [0.5, 0.6) is 5.75 Å². The Morgan fingerprint density at radius 3 is 2.52 bits per heavy atom. The van der Waals surface area contributed by atoms with Crippen LogP contribution in [0, 0.1) is 0 Å². The summed E-state index contributed by atoms with van der Waals surface area (Å²) in [6, 6.07) is 6.28. The maximum atomic E-state index is 13.0. The Bertz CT molecular complexity index is 944. The van der Waals surface area contributed by atoms with Crippen molar-refractivity contribution >= 4 is 11.6 Å². The average Bonchev–Trinajstić information content (AvgIpc) is 3.19. The third-order valence-corrected chi connectivity index (χ3v) is 3.74. The molecule has 7 nitrogen and oxygen atoms in total. The van der Waals surface area contributed by atoms with Gasteiger partial charge in [-0.25, -0.2) is 4.98 Å². The van der Waals surface area contributed by atoms with Gasteiger partial charge in [0.2, 0.25) is 0 Å². The van der Waals surface area contributed by atoms with Crippen molar-refractivity contribution in [1.82, 2.24) is 19.3 Å². The molecular weight excluding hydrogens is 363 g/mol. The molecule has 27 heavy (non-hydrogen) atoms. The number of aromatic nitrogens is 4. The molecule has 0 aliphatic heterocycles. The number of halogens is 3. The molecule has 0 atom stereocenters. The fourth-order valence-electron chi connectivity index (χ4n) is 2.38. The molecule has 0 unspecified atom stereocenters. The van der Waals surface area contributed by atoms with Crippen LogP contribution in [0.2, 0.25) is 0 Å². The molecule has 2 aromatic heterocycles. The van der Waals surface area contributed by atoms with Crippen molar-refractivity contribution in [3.05, 3.63) is 59.9 Å². The Morgan fingerprint density at radius 1 is 1.22 bits per heavy atom. The lowest BCUT2D eigenvalue weighted by Crippen LogP contribution is -2.17. The highest BCUT2D eigenvalue weighted by atomic mass is 19.4. The fraction of sp³-hybridized carbons (Fsp3) is 0.235. The number of nitrogens with one attached hydrogen (secondary N) is 1. The molecular formula is C17H16F3N5O2. The Balaban J connectivity index is 1.66. The van der Waals surface area contributed by atoms with Gasteiger partial charge in [-0.05, 0) is 24.3 Å². The Hall–Kier alpha value is -3.30. The van der Waals surface area contributed by atoms with Crippen molar-refractivity contribution < 1.29 is 22.7 Å². The molecule has 0 aliphatic rings. The zero-order valence-electron chi connectivity index (χ0n) is 14.5. The summed E-state index contributed by atoms with van der Waals surface area (Å²) < 4.78 is 47.2. The van der Waals surface area contributed by atoms with Crippen molar-refractivity contribution in [3.8, 4) is 5.75 Å². The second-order valence-electron chi connectivity index (χ2n) is 5.78. The van der Waals surface area contributed by atoms with E-state index >= 15 is 0 Å². The molecule has 0 radical (unpaired) electrons. The van der Waals surface area contributed by atoms with Gasteiger partial charge in [-0.1, -0.05) is 0 Å². The number of nitrogens with zero attached hydrogens (tertiary/aromatic N) is 4.